The SMILES string of the molecule is CCNCCCS(=O)(=O)NC1CC(OCC)C1(C)C. The third-order valence-electron chi connectivity index (χ3n) is 3.88. The summed E-state index contributed by atoms with van der Waals surface area (Å²) in [5.74, 6) is 0.186. The van der Waals surface area contributed by atoms with Crippen LogP contribution in [0, 0.1) is 5.41 Å². The molecule has 0 spiro atoms. The Kier molecular flexibility index (Phi) is 6.23. The van der Waals surface area contributed by atoms with Gasteiger partial charge >= 0.3 is 0 Å². The summed E-state index contributed by atoms with van der Waals surface area (Å²) >= 11 is 0. The predicted molar refractivity (Wildman–Crippen MR) is 77.7 cm³/mol. The van der Waals surface area contributed by atoms with Crippen molar-refractivity contribution in [2.45, 2.75) is 52.7 Å². The Morgan fingerprint density at radius 3 is 2.53 bits per heavy atom. The van der Waals surface area contributed by atoms with Crippen LogP contribution in [0.25, 0.3) is 0 Å². The number of sulfonamides is 1. The first kappa shape index (κ1) is 16.9. The highest BCUT2D eigenvalue weighted by Gasteiger charge is 2.50. The fourth-order valence-corrected chi connectivity index (χ4v) is 3.88. The van der Waals surface area contributed by atoms with Crippen LogP contribution in [0.15, 0.2) is 0 Å². The smallest absolute Gasteiger partial charge is 0.211 e. The number of nitrogens with one attached hydrogen (secondary N) is 2. The average molecular weight is 292 g/mol. The molecule has 2 unspecified atom stereocenters. The Balaban J connectivity index is 2.39. The molecule has 0 radical (unpaired) electrons. The van der Waals surface area contributed by atoms with E-state index in [1.807, 2.05) is 13.8 Å². The van der Waals surface area contributed by atoms with Gasteiger partial charge in [0.05, 0.1) is 11.9 Å². The molecule has 0 bridgehead atoms. The molecule has 1 rings (SSSR count). The molecule has 0 amide bonds. The molecule has 0 saturated heterocycles. The zero-order valence-corrected chi connectivity index (χ0v) is 13.3. The van der Waals surface area contributed by atoms with E-state index < -0.39 is 10.0 Å². The zero-order valence-electron chi connectivity index (χ0n) is 12.5. The van der Waals surface area contributed by atoms with Crippen molar-refractivity contribution < 1.29 is 13.2 Å². The number of hydrogen-bond acceptors (Lipinski definition) is 4. The predicted octanol–water partition coefficient (Wildman–Crippen LogP) is 1.11. The molecule has 0 aromatic carbocycles. The van der Waals surface area contributed by atoms with Crippen LogP contribution in [0.2, 0.25) is 0 Å². The molecule has 1 saturated carbocycles. The molecule has 2 atom stereocenters. The van der Waals surface area contributed by atoms with Gasteiger partial charge in [-0.15, -0.1) is 0 Å². The van der Waals surface area contributed by atoms with E-state index in [-0.39, 0.29) is 23.3 Å². The van der Waals surface area contributed by atoms with Crippen molar-refractivity contribution in [2.75, 3.05) is 25.4 Å². The van der Waals surface area contributed by atoms with Crippen LogP contribution in [-0.4, -0.2) is 46.0 Å². The molecule has 2 N–H and O–H groups in total. The first-order valence-corrected chi connectivity index (χ1v) is 8.81. The summed E-state index contributed by atoms with van der Waals surface area (Å²) in [6.07, 6.45) is 1.57. The van der Waals surface area contributed by atoms with Crippen molar-refractivity contribution in [3.63, 3.8) is 0 Å². The van der Waals surface area contributed by atoms with E-state index in [0.29, 0.717) is 13.0 Å². The van der Waals surface area contributed by atoms with Crippen LogP contribution in [0.3, 0.4) is 0 Å². The van der Waals surface area contributed by atoms with Gasteiger partial charge in [-0.2, -0.15) is 0 Å². The Labute approximate surface area is 117 Å². The molecule has 0 aromatic heterocycles. The van der Waals surface area contributed by atoms with Gasteiger partial charge < -0.3 is 10.1 Å². The summed E-state index contributed by atoms with van der Waals surface area (Å²) in [7, 11) is -3.18. The molecule has 0 heterocycles. The van der Waals surface area contributed by atoms with Crippen molar-refractivity contribution in [2.24, 2.45) is 5.41 Å². The molecule has 0 aromatic rings. The normalized spacial score (nSPS) is 26.1. The van der Waals surface area contributed by atoms with E-state index in [4.69, 9.17) is 4.74 Å². The molecule has 1 aliphatic rings. The van der Waals surface area contributed by atoms with Crippen LogP contribution < -0.4 is 10.0 Å². The molecule has 5 nitrogen and oxygen atoms in total. The van der Waals surface area contributed by atoms with Gasteiger partial charge in [-0.1, -0.05) is 20.8 Å². The maximum Gasteiger partial charge on any atom is 0.211 e. The van der Waals surface area contributed by atoms with Gasteiger partial charge in [0, 0.05) is 18.1 Å². The minimum atomic E-state index is -3.18. The van der Waals surface area contributed by atoms with Crippen molar-refractivity contribution in [1.82, 2.24) is 10.0 Å². The van der Waals surface area contributed by atoms with Crippen LogP contribution in [0.1, 0.15) is 40.5 Å². The summed E-state index contributed by atoms with van der Waals surface area (Å²) in [5.41, 5.74) is -0.120. The van der Waals surface area contributed by atoms with Gasteiger partial charge in [-0.05, 0) is 32.9 Å². The Morgan fingerprint density at radius 1 is 1.32 bits per heavy atom. The van der Waals surface area contributed by atoms with Crippen LogP contribution in [0.5, 0.6) is 0 Å². The van der Waals surface area contributed by atoms with Crippen LogP contribution >= 0.6 is 0 Å². The molecule has 6 heteroatoms. The molecular weight excluding hydrogens is 264 g/mol. The lowest BCUT2D eigenvalue weighted by Gasteiger charge is -2.51. The van der Waals surface area contributed by atoms with Gasteiger partial charge in [0.25, 0.3) is 0 Å². The van der Waals surface area contributed by atoms with Crippen LogP contribution in [0.4, 0.5) is 0 Å². The lowest BCUT2D eigenvalue weighted by Crippen LogP contribution is -2.62. The monoisotopic (exact) mass is 292 g/mol. The molecule has 0 aliphatic heterocycles. The Hall–Kier alpha value is -0.170. The largest absolute Gasteiger partial charge is 0.378 e. The quantitative estimate of drug-likeness (QED) is 0.625. The summed E-state index contributed by atoms with van der Waals surface area (Å²) in [6.45, 7) is 10.4. The lowest BCUT2D eigenvalue weighted by molar-refractivity contribution is -0.108. The van der Waals surface area contributed by atoms with Gasteiger partial charge in [-0.3, -0.25) is 0 Å². The van der Waals surface area contributed by atoms with E-state index >= 15 is 0 Å². The van der Waals surface area contributed by atoms with Crippen molar-refractivity contribution in [3.05, 3.63) is 0 Å². The maximum absolute atomic E-state index is 12.0. The molecule has 1 fully saturated rings. The molecule has 114 valence electrons. The van der Waals surface area contributed by atoms with E-state index in [0.717, 1.165) is 19.5 Å². The second-order valence-electron chi connectivity index (χ2n) is 5.70. The summed E-state index contributed by atoms with van der Waals surface area (Å²) in [5, 5.41) is 3.13. The van der Waals surface area contributed by atoms with E-state index in [1.54, 1.807) is 0 Å². The third-order valence-corrected chi connectivity index (χ3v) is 5.35. The fourth-order valence-electron chi connectivity index (χ4n) is 2.41. The number of hydrogen-bond donors (Lipinski definition) is 2. The molecular formula is C13H28N2O3S. The van der Waals surface area contributed by atoms with Gasteiger partial charge in [-0.25, -0.2) is 13.1 Å². The highest BCUT2D eigenvalue weighted by Crippen LogP contribution is 2.43. The second kappa shape index (κ2) is 7.02. The maximum atomic E-state index is 12.0. The fraction of sp³-hybridized carbons (Fsp3) is 1.00. The van der Waals surface area contributed by atoms with Crippen molar-refractivity contribution in [3.8, 4) is 0 Å². The minimum Gasteiger partial charge on any atom is -0.378 e. The first-order chi connectivity index (χ1) is 8.83. The highest BCUT2D eigenvalue weighted by molar-refractivity contribution is 7.89. The summed E-state index contributed by atoms with van der Waals surface area (Å²) in [4.78, 5) is 0. The van der Waals surface area contributed by atoms with Gasteiger partial charge in [0.1, 0.15) is 0 Å². The van der Waals surface area contributed by atoms with Gasteiger partial charge in [0.15, 0.2) is 0 Å². The zero-order chi connectivity index (χ0) is 14.5. The topological polar surface area (TPSA) is 67.4 Å². The van der Waals surface area contributed by atoms with Crippen LogP contribution in [-0.2, 0) is 14.8 Å². The van der Waals surface area contributed by atoms with Gasteiger partial charge in [0.2, 0.25) is 10.0 Å². The van der Waals surface area contributed by atoms with E-state index in [2.05, 4.69) is 23.9 Å². The molecule has 1 aliphatic carbocycles. The summed E-state index contributed by atoms with van der Waals surface area (Å²) in [6, 6.07) is -0.00631. The second-order valence-corrected chi connectivity index (χ2v) is 7.57. The van der Waals surface area contributed by atoms with Crippen molar-refractivity contribution in [1.29, 1.82) is 0 Å². The lowest BCUT2D eigenvalue weighted by atomic mass is 9.65. The third kappa shape index (κ3) is 4.70. The average Bonchev–Trinajstić information content (AvgIpc) is 2.33. The first-order valence-electron chi connectivity index (χ1n) is 7.15. The van der Waals surface area contributed by atoms with E-state index in [1.165, 1.54) is 0 Å². The Bertz CT molecular complexity index is 368. The van der Waals surface area contributed by atoms with E-state index in [9.17, 15) is 8.42 Å². The molecule has 19 heavy (non-hydrogen) atoms. The van der Waals surface area contributed by atoms with Crippen molar-refractivity contribution >= 4 is 10.0 Å². The number of rotatable bonds is 9. The Morgan fingerprint density at radius 2 is 2.00 bits per heavy atom. The minimum absolute atomic E-state index is 0.00631. The summed E-state index contributed by atoms with van der Waals surface area (Å²) < 4.78 is 32.4. The number of ether oxygens (including phenoxy) is 1. The highest BCUT2D eigenvalue weighted by atomic mass is 32.2. The standard InChI is InChI=1S/C13H28N2O3S/c1-5-14-8-7-9-19(16,17)15-11-10-12(18-6-2)13(11,3)4/h11-12,14-15H,5-10H2,1-4H3.